The molecule has 3 rings (SSSR count). The number of imidazole rings is 1. The molecule has 3 nitrogen and oxygen atoms in total. The van der Waals surface area contributed by atoms with E-state index in [0.29, 0.717) is 5.62 Å². The lowest BCUT2D eigenvalue weighted by molar-refractivity contribution is 0.695. The number of rotatable bonds is 2. The highest BCUT2D eigenvalue weighted by atomic mass is 15.2. The van der Waals surface area contributed by atoms with E-state index in [9.17, 15) is 0 Å². The smallest absolute Gasteiger partial charge is 0.203 e. The first-order chi connectivity index (χ1) is 9.16. The van der Waals surface area contributed by atoms with Crippen LogP contribution in [-0.4, -0.2) is 9.13 Å². The van der Waals surface area contributed by atoms with Crippen LogP contribution < -0.4 is 5.62 Å². The number of nitrogens with zero attached hydrogens (tertiary/aromatic N) is 2. The number of fused-ring (bicyclic) bond motifs is 1. The van der Waals surface area contributed by atoms with E-state index in [1.165, 1.54) is 11.1 Å². The fourth-order valence-electron chi connectivity index (χ4n) is 2.42. The molecule has 0 bridgehead atoms. The minimum atomic E-state index is 0.529. The van der Waals surface area contributed by atoms with Crippen molar-refractivity contribution < 1.29 is 0 Å². The van der Waals surface area contributed by atoms with E-state index in [1.807, 2.05) is 28.3 Å². The Morgan fingerprint density at radius 3 is 2.26 bits per heavy atom. The molecule has 3 aromatic rings. The molecule has 0 radical (unpaired) electrons. The van der Waals surface area contributed by atoms with Gasteiger partial charge in [-0.2, -0.15) is 0 Å². The van der Waals surface area contributed by atoms with E-state index < -0.39 is 0 Å². The van der Waals surface area contributed by atoms with Crippen LogP contribution in [0, 0.1) is 12.3 Å². The molecule has 1 aromatic heterocycles. The van der Waals surface area contributed by atoms with Gasteiger partial charge in [0.1, 0.15) is 0 Å². The Morgan fingerprint density at radius 1 is 0.947 bits per heavy atom. The summed E-state index contributed by atoms with van der Waals surface area (Å²) in [6.45, 7) is 2.82. The molecule has 2 aromatic carbocycles. The summed E-state index contributed by atoms with van der Waals surface area (Å²) in [7, 11) is 1.94. The molecule has 1 heterocycles. The van der Waals surface area contributed by atoms with E-state index in [4.69, 9.17) is 5.41 Å². The summed E-state index contributed by atoms with van der Waals surface area (Å²) in [5.41, 5.74) is 5.22. The molecule has 0 unspecified atom stereocenters. The van der Waals surface area contributed by atoms with Crippen LogP contribution in [0.1, 0.15) is 11.1 Å². The van der Waals surface area contributed by atoms with Gasteiger partial charge < -0.3 is 9.13 Å². The lowest BCUT2D eigenvalue weighted by atomic mass is 10.1. The predicted octanol–water partition coefficient (Wildman–Crippen LogP) is 2.82. The normalized spacial score (nSPS) is 11.1. The zero-order valence-corrected chi connectivity index (χ0v) is 11.2. The number of nitrogens with one attached hydrogen (secondary N) is 1. The molecular weight excluding hydrogens is 234 g/mol. The molecular formula is C16H17N3. The first-order valence-corrected chi connectivity index (χ1v) is 6.41. The molecule has 0 atom stereocenters. The Bertz CT molecular complexity index is 776. The second kappa shape index (κ2) is 4.43. The van der Waals surface area contributed by atoms with Crippen LogP contribution in [0.5, 0.6) is 0 Å². The summed E-state index contributed by atoms with van der Waals surface area (Å²) in [5.74, 6) is 0. The van der Waals surface area contributed by atoms with Gasteiger partial charge >= 0.3 is 0 Å². The lowest BCUT2D eigenvalue weighted by Crippen LogP contribution is -2.22. The summed E-state index contributed by atoms with van der Waals surface area (Å²) in [6, 6.07) is 16.6. The maximum absolute atomic E-state index is 8.24. The largest absolute Gasteiger partial charge is 0.313 e. The van der Waals surface area contributed by atoms with Crippen LogP contribution in [-0.2, 0) is 13.6 Å². The van der Waals surface area contributed by atoms with Crippen molar-refractivity contribution in [3.8, 4) is 0 Å². The number of benzene rings is 2. The van der Waals surface area contributed by atoms with Crippen molar-refractivity contribution in [2.24, 2.45) is 7.05 Å². The highest BCUT2D eigenvalue weighted by Gasteiger charge is 2.07. The highest BCUT2D eigenvalue weighted by Crippen LogP contribution is 2.13. The maximum Gasteiger partial charge on any atom is 0.203 e. The zero-order valence-electron chi connectivity index (χ0n) is 11.2. The fourth-order valence-corrected chi connectivity index (χ4v) is 2.42. The molecule has 1 N–H and O–H groups in total. The van der Waals surface area contributed by atoms with Gasteiger partial charge in [-0.25, -0.2) is 0 Å². The monoisotopic (exact) mass is 251 g/mol. The first-order valence-electron chi connectivity index (χ1n) is 6.41. The van der Waals surface area contributed by atoms with E-state index in [2.05, 4.69) is 43.3 Å². The van der Waals surface area contributed by atoms with Gasteiger partial charge in [0.2, 0.25) is 5.62 Å². The van der Waals surface area contributed by atoms with Crippen molar-refractivity contribution in [2.45, 2.75) is 13.5 Å². The first kappa shape index (κ1) is 11.8. The van der Waals surface area contributed by atoms with Gasteiger partial charge in [0.15, 0.2) is 0 Å². The second-order valence-electron chi connectivity index (χ2n) is 4.94. The number of aryl methyl sites for hydroxylation is 2. The number of aromatic nitrogens is 2. The molecule has 0 saturated heterocycles. The summed E-state index contributed by atoms with van der Waals surface area (Å²) in [5, 5.41) is 8.24. The molecule has 19 heavy (non-hydrogen) atoms. The van der Waals surface area contributed by atoms with Crippen molar-refractivity contribution in [1.29, 1.82) is 5.41 Å². The van der Waals surface area contributed by atoms with Gasteiger partial charge in [0.25, 0.3) is 0 Å². The standard InChI is InChI=1S/C16H17N3/c1-12-7-9-13(10-8-12)11-19-15-6-4-3-5-14(15)18(2)16(19)17/h3-10,17H,11H2,1-2H3. The average Bonchev–Trinajstić information content (AvgIpc) is 2.67. The molecule has 0 saturated carbocycles. The third-order valence-electron chi connectivity index (χ3n) is 3.57. The Morgan fingerprint density at radius 2 is 1.58 bits per heavy atom. The Hall–Kier alpha value is -2.29. The third-order valence-corrected chi connectivity index (χ3v) is 3.57. The van der Waals surface area contributed by atoms with Crippen molar-refractivity contribution in [3.05, 3.63) is 65.3 Å². The van der Waals surface area contributed by atoms with Crippen molar-refractivity contribution in [2.75, 3.05) is 0 Å². The Kier molecular flexibility index (Phi) is 2.75. The summed E-state index contributed by atoms with van der Waals surface area (Å²) >= 11 is 0. The zero-order chi connectivity index (χ0) is 13.4. The topological polar surface area (TPSA) is 33.7 Å². The van der Waals surface area contributed by atoms with Gasteiger partial charge in [-0.3, -0.25) is 5.41 Å². The Balaban J connectivity index is 2.13. The number of para-hydroxylation sites is 2. The molecule has 0 amide bonds. The average molecular weight is 251 g/mol. The minimum Gasteiger partial charge on any atom is -0.313 e. The van der Waals surface area contributed by atoms with Crippen molar-refractivity contribution in [1.82, 2.24) is 9.13 Å². The van der Waals surface area contributed by atoms with E-state index >= 15 is 0 Å². The molecule has 0 aliphatic carbocycles. The second-order valence-corrected chi connectivity index (χ2v) is 4.94. The SMILES string of the molecule is Cc1ccc(Cn2c(=N)n(C)c3ccccc32)cc1. The summed E-state index contributed by atoms with van der Waals surface area (Å²) in [6.07, 6.45) is 0. The van der Waals surface area contributed by atoms with Crippen LogP contribution in [0.15, 0.2) is 48.5 Å². The van der Waals surface area contributed by atoms with Gasteiger partial charge in [0, 0.05) is 7.05 Å². The lowest BCUT2D eigenvalue weighted by Gasteiger charge is -2.05. The van der Waals surface area contributed by atoms with Crippen molar-refractivity contribution >= 4 is 11.0 Å². The maximum atomic E-state index is 8.24. The number of hydrogen-bond acceptors (Lipinski definition) is 1. The van der Waals surface area contributed by atoms with E-state index in [-0.39, 0.29) is 0 Å². The van der Waals surface area contributed by atoms with Crippen LogP contribution >= 0.6 is 0 Å². The molecule has 3 heteroatoms. The predicted molar refractivity (Wildman–Crippen MR) is 77.0 cm³/mol. The van der Waals surface area contributed by atoms with Crippen LogP contribution in [0.25, 0.3) is 11.0 Å². The molecule has 0 fully saturated rings. The van der Waals surface area contributed by atoms with E-state index in [0.717, 1.165) is 17.6 Å². The highest BCUT2D eigenvalue weighted by molar-refractivity contribution is 5.75. The van der Waals surface area contributed by atoms with Gasteiger partial charge in [0.05, 0.1) is 17.6 Å². The summed E-state index contributed by atoms with van der Waals surface area (Å²) in [4.78, 5) is 0. The molecule has 96 valence electrons. The van der Waals surface area contributed by atoms with E-state index in [1.54, 1.807) is 0 Å². The fraction of sp³-hybridized carbons (Fsp3) is 0.188. The third kappa shape index (κ3) is 1.97. The quantitative estimate of drug-likeness (QED) is 0.726. The van der Waals surface area contributed by atoms with Gasteiger partial charge in [-0.15, -0.1) is 0 Å². The molecule has 0 aliphatic rings. The van der Waals surface area contributed by atoms with Crippen LogP contribution in [0.2, 0.25) is 0 Å². The van der Waals surface area contributed by atoms with Crippen molar-refractivity contribution in [3.63, 3.8) is 0 Å². The number of hydrogen-bond donors (Lipinski definition) is 1. The minimum absolute atomic E-state index is 0.529. The van der Waals surface area contributed by atoms with Gasteiger partial charge in [-0.1, -0.05) is 42.0 Å². The van der Waals surface area contributed by atoms with Crippen LogP contribution in [0.3, 0.4) is 0 Å². The Labute approximate surface area is 112 Å². The molecule has 0 aliphatic heterocycles. The van der Waals surface area contributed by atoms with Gasteiger partial charge in [-0.05, 0) is 24.6 Å². The molecule has 0 spiro atoms. The summed E-state index contributed by atoms with van der Waals surface area (Å²) < 4.78 is 3.96. The van der Waals surface area contributed by atoms with Crippen LogP contribution in [0.4, 0.5) is 0 Å².